The topological polar surface area (TPSA) is 99.1 Å². The highest BCUT2D eigenvalue weighted by Crippen LogP contribution is 2.06. The summed E-state index contributed by atoms with van der Waals surface area (Å²) in [4.78, 5) is 33.7. The van der Waals surface area contributed by atoms with Gasteiger partial charge in [-0.1, -0.05) is 0 Å². The van der Waals surface area contributed by atoms with Gasteiger partial charge in [0.25, 0.3) is 0 Å². The third kappa shape index (κ3) is 9.32. The van der Waals surface area contributed by atoms with Crippen LogP contribution in [0.2, 0.25) is 0 Å². The highest BCUT2D eigenvalue weighted by atomic mass is 16.6. The molecule has 0 aromatic rings. The van der Waals surface area contributed by atoms with Crippen LogP contribution in [0, 0.1) is 0 Å². The summed E-state index contributed by atoms with van der Waals surface area (Å²) < 4.78 is 14.3. The minimum Gasteiger partial charge on any atom is -0.469 e. The zero-order valence-electron chi connectivity index (χ0n) is 12.3. The van der Waals surface area contributed by atoms with Crippen LogP contribution in [0.5, 0.6) is 0 Å². The molecule has 0 radical (unpaired) electrons. The maximum atomic E-state index is 11.5. The number of esters is 3. The normalized spacial score (nSPS) is 14.8. The first-order chi connectivity index (χ1) is 9.24. The molecular formula is C13H22O7. The lowest BCUT2D eigenvalue weighted by atomic mass is 10.2. The maximum absolute atomic E-state index is 11.5. The molecular weight excluding hydrogens is 268 g/mol. The Balaban J connectivity index is 4.01. The molecule has 0 aromatic heterocycles. The van der Waals surface area contributed by atoms with Gasteiger partial charge in [0, 0.05) is 0 Å². The lowest BCUT2D eigenvalue weighted by Crippen LogP contribution is -2.25. The van der Waals surface area contributed by atoms with E-state index in [0.717, 1.165) is 0 Å². The largest absolute Gasteiger partial charge is 0.469 e. The quantitative estimate of drug-likeness (QED) is 0.515. The van der Waals surface area contributed by atoms with E-state index in [2.05, 4.69) is 4.74 Å². The monoisotopic (exact) mass is 290 g/mol. The number of ether oxygens (including phenoxy) is 3. The molecule has 0 heterocycles. The van der Waals surface area contributed by atoms with Crippen LogP contribution in [0.4, 0.5) is 0 Å². The van der Waals surface area contributed by atoms with Crippen molar-refractivity contribution < 1.29 is 33.7 Å². The van der Waals surface area contributed by atoms with E-state index in [1.165, 1.54) is 14.0 Å². The van der Waals surface area contributed by atoms with Crippen molar-refractivity contribution in [3.05, 3.63) is 0 Å². The Morgan fingerprint density at radius 2 is 1.25 bits per heavy atom. The minimum absolute atomic E-state index is 0.0293. The van der Waals surface area contributed by atoms with E-state index < -0.39 is 36.2 Å². The van der Waals surface area contributed by atoms with Crippen molar-refractivity contribution in [1.82, 2.24) is 0 Å². The van der Waals surface area contributed by atoms with E-state index in [9.17, 15) is 14.4 Å². The Morgan fingerprint density at radius 1 is 0.850 bits per heavy atom. The van der Waals surface area contributed by atoms with Gasteiger partial charge >= 0.3 is 17.9 Å². The molecule has 0 saturated heterocycles. The second kappa shape index (κ2) is 9.30. The number of carbonyl (C=O) groups is 3. The van der Waals surface area contributed by atoms with E-state index >= 15 is 0 Å². The van der Waals surface area contributed by atoms with Gasteiger partial charge in [-0.3, -0.25) is 14.4 Å². The molecule has 3 atom stereocenters. The van der Waals surface area contributed by atoms with Gasteiger partial charge in [-0.15, -0.1) is 0 Å². The Kier molecular flexibility index (Phi) is 8.54. The maximum Gasteiger partial charge on any atom is 0.309 e. The van der Waals surface area contributed by atoms with Crippen molar-refractivity contribution in [3.8, 4) is 0 Å². The van der Waals surface area contributed by atoms with E-state index in [4.69, 9.17) is 14.6 Å². The average molecular weight is 290 g/mol. The van der Waals surface area contributed by atoms with Gasteiger partial charge in [-0.05, 0) is 20.8 Å². The predicted molar refractivity (Wildman–Crippen MR) is 68.7 cm³/mol. The summed E-state index contributed by atoms with van der Waals surface area (Å²) in [6.07, 6.45) is -2.32. The van der Waals surface area contributed by atoms with Gasteiger partial charge in [-0.25, -0.2) is 0 Å². The van der Waals surface area contributed by atoms with Crippen molar-refractivity contribution in [2.75, 3.05) is 7.11 Å². The molecule has 7 nitrogen and oxygen atoms in total. The molecule has 0 aliphatic carbocycles. The van der Waals surface area contributed by atoms with Gasteiger partial charge in [0.15, 0.2) is 0 Å². The fourth-order valence-corrected chi connectivity index (χ4v) is 1.42. The fraction of sp³-hybridized carbons (Fsp3) is 0.769. The number of hydrogen-bond donors (Lipinski definition) is 1. The first-order valence-corrected chi connectivity index (χ1v) is 6.38. The highest BCUT2D eigenvalue weighted by Gasteiger charge is 2.19. The summed E-state index contributed by atoms with van der Waals surface area (Å²) in [5, 5.41) is 9.01. The number of methoxy groups -OCH3 is 1. The molecule has 20 heavy (non-hydrogen) atoms. The SMILES string of the molecule is COC(=O)C[C@@H](C)OC(=O)C[C@@H](C)OC(=O)CC(C)O. The first-order valence-electron chi connectivity index (χ1n) is 6.38. The van der Waals surface area contributed by atoms with Gasteiger partial charge in [-0.2, -0.15) is 0 Å². The van der Waals surface area contributed by atoms with Crippen molar-refractivity contribution in [3.63, 3.8) is 0 Å². The number of aliphatic hydroxyl groups is 1. The fourth-order valence-electron chi connectivity index (χ4n) is 1.42. The van der Waals surface area contributed by atoms with Crippen molar-refractivity contribution in [2.24, 2.45) is 0 Å². The number of rotatable bonds is 8. The molecule has 0 rings (SSSR count). The van der Waals surface area contributed by atoms with Gasteiger partial charge in [0.1, 0.15) is 12.2 Å². The van der Waals surface area contributed by atoms with Crippen LogP contribution < -0.4 is 0 Å². The summed E-state index contributed by atoms with van der Waals surface area (Å²) in [5.74, 6) is -1.62. The number of carbonyl (C=O) groups excluding carboxylic acids is 3. The molecule has 0 fully saturated rings. The standard InChI is InChI=1S/C13H22O7/c1-8(14)5-12(16)19-10(3)7-13(17)20-9(2)6-11(15)18-4/h8-10,14H,5-7H2,1-4H3/t8?,9-,10-/m1/s1. The Morgan fingerprint density at radius 3 is 1.65 bits per heavy atom. The lowest BCUT2D eigenvalue weighted by Gasteiger charge is -2.16. The Labute approximate surface area is 118 Å². The molecule has 116 valence electrons. The van der Waals surface area contributed by atoms with E-state index in [0.29, 0.717) is 0 Å². The smallest absolute Gasteiger partial charge is 0.309 e. The summed E-state index contributed by atoms with van der Waals surface area (Å²) in [7, 11) is 1.25. The first kappa shape index (κ1) is 18.4. The summed E-state index contributed by atoms with van der Waals surface area (Å²) in [6.45, 7) is 4.58. The van der Waals surface area contributed by atoms with Crippen molar-refractivity contribution in [2.45, 2.75) is 58.3 Å². The summed E-state index contributed by atoms with van der Waals surface area (Å²) >= 11 is 0. The second-order valence-electron chi connectivity index (χ2n) is 4.64. The van der Waals surface area contributed by atoms with E-state index in [1.54, 1.807) is 13.8 Å². The number of aliphatic hydroxyl groups excluding tert-OH is 1. The van der Waals surface area contributed by atoms with Crippen LogP contribution in [0.15, 0.2) is 0 Å². The zero-order valence-corrected chi connectivity index (χ0v) is 12.3. The highest BCUT2D eigenvalue weighted by molar-refractivity contribution is 5.74. The second-order valence-corrected chi connectivity index (χ2v) is 4.64. The molecule has 0 spiro atoms. The molecule has 1 N–H and O–H groups in total. The van der Waals surface area contributed by atoms with Gasteiger partial charge in [0.2, 0.25) is 0 Å². The van der Waals surface area contributed by atoms with Crippen LogP contribution in [-0.4, -0.2) is 48.4 Å². The average Bonchev–Trinajstić information content (AvgIpc) is 2.26. The third-order valence-corrected chi connectivity index (χ3v) is 2.26. The molecule has 0 bridgehead atoms. The Bertz CT molecular complexity index is 338. The van der Waals surface area contributed by atoms with Crippen LogP contribution in [0.3, 0.4) is 0 Å². The molecule has 1 unspecified atom stereocenters. The molecule has 0 amide bonds. The zero-order chi connectivity index (χ0) is 15.7. The van der Waals surface area contributed by atoms with E-state index in [-0.39, 0.29) is 19.3 Å². The van der Waals surface area contributed by atoms with Crippen molar-refractivity contribution >= 4 is 17.9 Å². The van der Waals surface area contributed by atoms with Crippen LogP contribution in [0.1, 0.15) is 40.0 Å². The van der Waals surface area contributed by atoms with Gasteiger partial charge < -0.3 is 19.3 Å². The molecule has 0 aliphatic heterocycles. The van der Waals surface area contributed by atoms with Crippen LogP contribution in [-0.2, 0) is 28.6 Å². The molecule has 0 saturated carbocycles. The molecule has 0 aromatic carbocycles. The predicted octanol–water partition coefficient (Wildman–Crippen LogP) is 0.574. The number of hydrogen-bond acceptors (Lipinski definition) is 7. The van der Waals surface area contributed by atoms with Gasteiger partial charge in [0.05, 0.1) is 32.5 Å². The van der Waals surface area contributed by atoms with Crippen LogP contribution >= 0.6 is 0 Å². The molecule has 7 heteroatoms. The molecule has 0 aliphatic rings. The Hall–Kier alpha value is -1.63. The minimum atomic E-state index is -0.790. The summed E-state index contributed by atoms with van der Waals surface area (Å²) in [5.41, 5.74) is 0. The summed E-state index contributed by atoms with van der Waals surface area (Å²) in [6, 6.07) is 0. The van der Waals surface area contributed by atoms with E-state index in [1.807, 2.05) is 0 Å². The lowest BCUT2D eigenvalue weighted by molar-refractivity contribution is -0.158. The van der Waals surface area contributed by atoms with Crippen molar-refractivity contribution in [1.29, 1.82) is 0 Å². The third-order valence-electron chi connectivity index (χ3n) is 2.26. The van der Waals surface area contributed by atoms with Crippen LogP contribution in [0.25, 0.3) is 0 Å².